The molecule has 168 valence electrons. The van der Waals surface area contributed by atoms with Gasteiger partial charge >= 0.3 is 0 Å². The fraction of sp³-hybridized carbons (Fsp3) is 0.280. The van der Waals surface area contributed by atoms with Crippen LogP contribution in [0.25, 0.3) is 5.69 Å². The molecule has 0 unspecified atom stereocenters. The van der Waals surface area contributed by atoms with Crippen LogP contribution in [0, 0.1) is 0 Å². The molecule has 8 heteroatoms. The first-order chi connectivity index (χ1) is 15.7. The Morgan fingerprint density at radius 3 is 2.33 bits per heavy atom. The summed E-state index contributed by atoms with van der Waals surface area (Å²) >= 11 is 0. The molecule has 8 nitrogen and oxygen atoms in total. The van der Waals surface area contributed by atoms with Crippen LogP contribution in [0.2, 0.25) is 0 Å². The van der Waals surface area contributed by atoms with E-state index in [-0.39, 0.29) is 29.5 Å². The normalized spacial score (nSPS) is 15.6. The number of rotatable bonds is 2. The zero-order valence-electron chi connectivity index (χ0n) is 18.7. The molecule has 3 amide bonds. The number of benzene rings is 2. The average molecular weight is 444 g/mol. The summed E-state index contributed by atoms with van der Waals surface area (Å²) in [5.41, 5.74) is 2.16. The van der Waals surface area contributed by atoms with Gasteiger partial charge < -0.3 is 4.90 Å². The number of imide groups is 1. The number of para-hydroxylation sites is 1. The third-order valence-corrected chi connectivity index (χ3v) is 6.16. The fourth-order valence-corrected chi connectivity index (χ4v) is 4.50. The van der Waals surface area contributed by atoms with Gasteiger partial charge in [0.15, 0.2) is 0 Å². The lowest BCUT2D eigenvalue weighted by atomic mass is 10.0. The summed E-state index contributed by atoms with van der Waals surface area (Å²) in [7, 11) is 0. The Hall–Kier alpha value is -3.94. The Bertz CT molecular complexity index is 1360. The van der Waals surface area contributed by atoms with Gasteiger partial charge in [-0.2, -0.15) is 0 Å². The van der Waals surface area contributed by atoms with E-state index in [0.29, 0.717) is 29.7 Å². The molecule has 0 aliphatic carbocycles. The third-order valence-electron chi connectivity index (χ3n) is 6.16. The molecule has 3 aromatic rings. The highest BCUT2D eigenvalue weighted by molar-refractivity contribution is 6.22. The Morgan fingerprint density at radius 2 is 1.64 bits per heavy atom. The summed E-state index contributed by atoms with van der Waals surface area (Å²) in [6.45, 7) is 6.02. The van der Waals surface area contributed by atoms with E-state index in [4.69, 9.17) is 0 Å². The topological polar surface area (TPSA) is 95.5 Å². The molecule has 0 radical (unpaired) electrons. The summed E-state index contributed by atoms with van der Waals surface area (Å²) in [4.78, 5) is 54.7. The molecule has 0 atom stereocenters. The number of aromatic amines is 1. The second-order valence-electron chi connectivity index (χ2n) is 9.40. The van der Waals surface area contributed by atoms with Crippen LogP contribution >= 0.6 is 0 Å². The van der Waals surface area contributed by atoms with E-state index in [0.717, 1.165) is 11.4 Å². The molecule has 0 saturated heterocycles. The van der Waals surface area contributed by atoms with Gasteiger partial charge in [0.2, 0.25) is 0 Å². The molecule has 0 fully saturated rings. The molecule has 0 spiro atoms. The summed E-state index contributed by atoms with van der Waals surface area (Å²) in [6, 6.07) is 13.9. The van der Waals surface area contributed by atoms with E-state index in [1.165, 1.54) is 15.6 Å². The van der Waals surface area contributed by atoms with E-state index in [2.05, 4.69) is 5.10 Å². The van der Waals surface area contributed by atoms with Gasteiger partial charge in [-0.05, 0) is 51.1 Å². The monoisotopic (exact) mass is 444 g/mol. The number of aromatic nitrogens is 2. The number of carbonyl (C=O) groups is 3. The van der Waals surface area contributed by atoms with Gasteiger partial charge in [0.1, 0.15) is 0 Å². The number of hydrogen-bond acceptors (Lipinski definition) is 4. The molecule has 0 saturated carbocycles. The first kappa shape index (κ1) is 20.9. The van der Waals surface area contributed by atoms with Crippen molar-refractivity contribution in [3.63, 3.8) is 0 Å². The number of hydrogen-bond donors (Lipinski definition) is 1. The smallest absolute Gasteiger partial charge is 0.276 e. The van der Waals surface area contributed by atoms with Crippen molar-refractivity contribution in [3.05, 3.63) is 86.8 Å². The van der Waals surface area contributed by atoms with Crippen molar-refractivity contribution < 1.29 is 14.4 Å². The van der Waals surface area contributed by atoms with Gasteiger partial charge in [-0.25, -0.2) is 4.68 Å². The van der Waals surface area contributed by atoms with Gasteiger partial charge in [0.05, 0.1) is 28.9 Å². The van der Waals surface area contributed by atoms with E-state index in [1.807, 2.05) is 30.3 Å². The van der Waals surface area contributed by atoms with Crippen LogP contribution in [0.4, 0.5) is 0 Å². The predicted molar refractivity (Wildman–Crippen MR) is 122 cm³/mol. The van der Waals surface area contributed by atoms with Crippen LogP contribution in [0.5, 0.6) is 0 Å². The summed E-state index contributed by atoms with van der Waals surface area (Å²) in [5, 5.41) is 3.16. The van der Waals surface area contributed by atoms with E-state index < -0.39 is 11.4 Å². The van der Waals surface area contributed by atoms with Crippen molar-refractivity contribution in [2.45, 2.75) is 39.3 Å². The van der Waals surface area contributed by atoms with Crippen molar-refractivity contribution in [3.8, 4) is 5.69 Å². The minimum absolute atomic E-state index is 0.177. The van der Waals surface area contributed by atoms with Crippen LogP contribution in [0.3, 0.4) is 0 Å². The number of fused-ring (bicyclic) bond motifs is 2. The van der Waals surface area contributed by atoms with Crippen LogP contribution < -0.4 is 5.56 Å². The van der Waals surface area contributed by atoms with E-state index in [9.17, 15) is 19.2 Å². The summed E-state index contributed by atoms with van der Waals surface area (Å²) in [6.07, 6.45) is 0.524. The first-order valence-corrected chi connectivity index (χ1v) is 10.9. The minimum atomic E-state index is -0.659. The van der Waals surface area contributed by atoms with Crippen molar-refractivity contribution in [2.24, 2.45) is 0 Å². The van der Waals surface area contributed by atoms with Crippen molar-refractivity contribution in [2.75, 3.05) is 6.54 Å². The maximum absolute atomic E-state index is 13.3. The van der Waals surface area contributed by atoms with Crippen molar-refractivity contribution in [1.29, 1.82) is 0 Å². The SMILES string of the molecule is CC(C)(C)N1C(=O)c2ccc(C(=O)N3CCc4[nH]n(-c5ccccc5)c(=O)c4C3)cc2C1=O. The largest absolute Gasteiger partial charge is 0.334 e. The maximum Gasteiger partial charge on any atom is 0.276 e. The number of H-pyrrole nitrogens is 1. The lowest BCUT2D eigenvalue weighted by Crippen LogP contribution is -2.45. The van der Waals surface area contributed by atoms with Crippen molar-refractivity contribution >= 4 is 17.7 Å². The molecular formula is C25H24N4O4. The summed E-state index contributed by atoms with van der Waals surface area (Å²) < 4.78 is 1.50. The lowest BCUT2D eigenvalue weighted by molar-refractivity contribution is 0.0507. The molecule has 2 aliphatic heterocycles. The second kappa shape index (κ2) is 7.30. The molecule has 33 heavy (non-hydrogen) atoms. The molecular weight excluding hydrogens is 420 g/mol. The second-order valence-corrected chi connectivity index (χ2v) is 9.40. The Labute approximate surface area is 190 Å². The van der Waals surface area contributed by atoms with Crippen LogP contribution in [0.1, 0.15) is 63.1 Å². The molecule has 1 aromatic heterocycles. The highest BCUT2D eigenvalue weighted by atomic mass is 16.2. The average Bonchev–Trinajstić information content (AvgIpc) is 3.26. The van der Waals surface area contributed by atoms with Crippen LogP contribution in [-0.4, -0.2) is 49.4 Å². The molecule has 1 N–H and O–H groups in total. The Kier molecular flexibility index (Phi) is 4.63. The van der Waals surface area contributed by atoms with Gasteiger partial charge in [0.25, 0.3) is 23.3 Å². The van der Waals surface area contributed by atoms with Crippen molar-refractivity contribution in [1.82, 2.24) is 19.6 Å². The molecule has 2 aromatic carbocycles. The highest BCUT2D eigenvalue weighted by Gasteiger charge is 2.42. The Balaban J connectivity index is 1.43. The number of carbonyl (C=O) groups excluding carboxylic acids is 3. The first-order valence-electron chi connectivity index (χ1n) is 10.9. The van der Waals surface area contributed by atoms with Crippen LogP contribution in [-0.2, 0) is 13.0 Å². The summed E-state index contributed by atoms with van der Waals surface area (Å²) in [5.74, 6) is -1.02. The van der Waals surface area contributed by atoms with E-state index >= 15 is 0 Å². The Morgan fingerprint density at radius 1 is 0.939 bits per heavy atom. The van der Waals surface area contributed by atoms with Gasteiger partial charge in [-0.1, -0.05) is 18.2 Å². The van der Waals surface area contributed by atoms with Crippen LogP contribution in [0.15, 0.2) is 53.3 Å². The quantitative estimate of drug-likeness (QED) is 0.615. The number of nitrogens with one attached hydrogen (secondary N) is 1. The number of nitrogens with zero attached hydrogens (tertiary/aromatic N) is 3. The lowest BCUT2D eigenvalue weighted by Gasteiger charge is -2.29. The van der Waals surface area contributed by atoms with E-state index in [1.54, 1.807) is 37.8 Å². The van der Waals surface area contributed by atoms with Gasteiger partial charge in [-0.3, -0.25) is 29.2 Å². The fourth-order valence-electron chi connectivity index (χ4n) is 4.50. The number of amides is 3. The molecule has 0 bridgehead atoms. The zero-order valence-corrected chi connectivity index (χ0v) is 18.7. The molecule has 5 rings (SSSR count). The standard InChI is InChI=1S/C25H24N4O4/c1-25(2,3)28-22(31)17-10-9-15(13-18(17)23(28)32)21(30)27-12-11-20-19(14-27)24(33)29(26-20)16-7-5-4-6-8-16/h4-10,13,26H,11-12,14H2,1-3H3. The predicted octanol–water partition coefficient (Wildman–Crippen LogP) is 2.76. The minimum Gasteiger partial charge on any atom is -0.334 e. The maximum atomic E-state index is 13.3. The van der Waals surface area contributed by atoms with Gasteiger partial charge in [-0.15, -0.1) is 0 Å². The zero-order chi connectivity index (χ0) is 23.5. The molecule has 3 heterocycles. The molecule has 2 aliphatic rings. The highest BCUT2D eigenvalue weighted by Crippen LogP contribution is 2.30. The van der Waals surface area contributed by atoms with Gasteiger partial charge in [0, 0.05) is 29.8 Å². The third kappa shape index (κ3) is 3.29.